The number of H-pyrrole nitrogens is 1. The summed E-state index contributed by atoms with van der Waals surface area (Å²) in [5.41, 5.74) is 4.05. The zero-order valence-electron chi connectivity index (χ0n) is 15.0. The van der Waals surface area contributed by atoms with Gasteiger partial charge in [0.15, 0.2) is 0 Å². The average Bonchev–Trinajstić information content (AvgIpc) is 3.11. The van der Waals surface area contributed by atoms with Crippen molar-refractivity contribution in [3.63, 3.8) is 0 Å². The molecule has 0 aliphatic heterocycles. The van der Waals surface area contributed by atoms with Gasteiger partial charge in [0, 0.05) is 28.7 Å². The van der Waals surface area contributed by atoms with Gasteiger partial charge >= 0.3 is 0 Å². The molecule has 0 unspecified atom stereocenters. The Morgan fingerprint density at radius 1 is 1.19 bits per heavy atom. The van der Waals surface area contributed by atoms with Crippen molar-refractivity contribution in [1.29, 1.82) is 0 Å². The van der Waals surface area contributed by atoms with E-state index < -0.39 is 0 Å². The third-order valence-corrected chi connectivity index (χ3v) is 4.89. The van der Waals surface area contributed by atoms with Crippen molar-refractivity contribution in [2.24, 2.45) is 5.10 Å². The van der Waals surface area contributed by atoms with Crippen molar-refractivity contribution in [2.75, 3.05) is 0 Å². The summed E-state index contributed by atoms with van der Waals surface area (Å²) < 4.78 is 17.8. The van der Waals surface area contributed by atoms with Gasteiger partial charge in [0.1, 0.15) is 11.6 Å². The maximum Gasteiger partial charge on any atom is 0.216 e. The molecule has 4 rings (SSSR count). The van der Waals surface area contributed by atoms with Crippen LogP contribution in [0.25, 0.3) is 10.9 Å². The van der Waals surface area contributed by atoms with Crippen molar-refractivity contribution < 1.29 is 4.39 Å². The summed E-state index contributed by atoms with van der Waals surface area (Å²) in [5, 5.41) is 12.4. The Morgan fingerprint density at radius 3 is 2.74 bits per heavy atom. The fourth-order valence-electron chi connectivity index (χ4n) is 3.26. The van der Waals surface area contributed by atoms with E-state index in [1.165, 1.54) is 6.07 Å². The second-order valence-electron chi connectivity index (χ2n) is 6.36. The molecule has 7 heteroatoms. The van der Waals surface area contributed by atoms with Gasteiger partial charge in [0.25, 0.3) is 0 Å². The number of aromatic nitrogens is 4. The summed E-state index contributed by atoms with van der Waals surface area (Å²) in [4.78, 5) is 0. The Labute approximate surface area is 160 Å². The molecule has 2 aromatic heterocycles. The van der Waals surface area contributed by atoms with E-state index in [1.54, 1.807) is 23.0 Å². The first-order valence-corrected chi connectivity index (χ1v) is 8.96. The van der Waals surface area contributed by atoms with Crippen LogP contribution >= 0.6 is 12.2 Å². The van der Waals surface area contributed by atoms with E-state index in [1.807, 2.05) is 32.0 Å². The van der Waals surface area contributed by atoms with Crippen molar-refractivity contribution in [3.05, 3.63) is 81.8 Å². The molecule has 0 spiro atoms. The fraction of sp³-hybridized carbons (Fsp3) is 0.150. The minimum atomic E-state index is -0.229. The summed E-state index contributed by atoms with van der Waals surface area (Å²) >= 11 is 5.21. The molecule has 0 aliphatic rings. The monoisotopic (exact) mass is 379 g/mol. The molecule has 0 saturated heterocycles. The predicted molar refractivity (Wildman–Crippen MR) is 107 cm³/mol. The van der Waals surface area contributed by atoms with Crippen molar-refractivity contribution in [1.82, 2.24) is 19.4 Å². The average molecular weight is 379 g/mol. The van der Waals surface area contributed by atoms with E-state index in [0.29, 0.717) is 17.1 Å². The van der Waals surface area contributed by atoms with Crippen LogP contribution in [0, 0.1) is 24.4 Å². The van der Waals surface area contributed by atoms with Crippen LogP contribution in [0.15, 0.2) is 53.6 Å². The topological polar surface area (TPSA) is 50.9 Å². The molecule has 0 aliphatic carbocycles. The minimum absolute atomic E-state index is 0.229. The van der Waals surface area contributed by atoms with Gasteiger partial charge in [0.2, 0.25) is 4.77 Å². The Hall–Kier alpha value is -3.06. The number of hydrogen-bond acceptors (Lipinski definition) is 3. The predicted octanol–water partition coefficient (Wildman–Crippen LogP) is 4.58. The molecule has 4 aromatic rings. The highest BCUT2D eigenvalue weighted by molar-refractivity contribution is 7.71. The number of benzene rings is 2. The lowest BCUT2D eigenvalue weighted by molar-refractivity contribution is 0.623. The maximum absolute atomic E-state index is 13.6. The molecule has 136 valence electrons. The molecule has 0 radical (unpaired) electrons. The SMILES string of the molecule is Cc1n[nH]c(=S)n1/N=C\c1c(C)n(Cc2cccc(F)c2)c2ccccc12. The van der Waals surface area contributed by atoms with Crippen LogP contribution in [0.2, 0.25) is 0 Å². The molecule has 2 heterocycles. The number of nitrogens with one attached hydrogen (secondary N) is 1. The Kier molecular flexibility index (Phi) is 4.45. The van der Waals surface area contributed by atoms with Gasteiger partial charge in [-0.1, -0.05) is 30.3 Å². The third-order valence-electron chi connectivity index (χ3n) is 4.62. The fourth-order valence-corrected chi connectivity index (χ4v) is 3.49. The summed E-state index contributed by atoms with van der Waals surface area (Å²) in [6, 6.07) is 14.8. The lowest BCUT2D eigenvalue weighted by Gasteiger charge is -2.09. The second kappa shape index (κ2) is 6.92. The number of rotatable bonds is 4. The van der Waals surface area contributed by atoms with E-state index in [-0.39, 0.29) is 5.82 Å². The third kappa shape index (κ3) is 3.21. The molecule has 5 nitrogen and oxygen atoms in total. The van der Waals surface area contributed by atoms with Gasteiger partial charge < -0.3 is 4.57 Å². The number of aryl methyl sites for hydroxylation is 1. The number of para-hydroxylation sites is 1. The molecule has 2 aromatic carbocycles. The molecular weight excluding hydrogens is 361 g/mol. The van der Waals surface area contributed by atoms with Crippen molar-refractivity contribution in [3.8, 4) is 0 Å². The van der Waals surface area contributed by atoms with Crippen LogP contribution < -0.4 is 0 Å². The number of nitrogens with zero attached hydrogens (tertiary/aromatic N) is 4. The number of halogens is 1. The van der Waals surface area contributed by atoms with Crippen LogP contribution in [0.4, 0.5) is 4.39 Å². The summed E-state index contributed by atoms with van der Waals surface area (Å²) in [5.74, 6) is 0.464. The number of fused-ring (bicyclic) bond motifs is 1. The smallest absolute Gasteiger partial charge is 0.216 e. The maximum atomic E-state index is 13.6. The van der Waals surface area contributed by atoms with Gasteiger partial charge in [0.05, 0.1) is 6.21 Å². The normalized spacial score (nSPS) is 11.7. The van der Waals surface area contributed by atoms with Crippen LogP contribution in [-0.2, 0) is 6.54 Å². The quantitative estimate of drug-likeness (QED) is 0.417. The van der Waals surface area contributed by atoms with Crippen LogP contribution in [-0.4, -0.2) is 25.7 Å². The van der Waals surface area contributed by atoms with E-state index >= 15 is 0 Å². The first-order chi connectivity index (χ1) is 13.0. The van der Waals surface area contributed by atoms with Crippen LogP contribution in [0.5, 0.6) is 0 Å². The second-order valence-corrected chi connectivity index (χ2v) is 6.75. The summed E-state index contributed by atoms with van der Waals surface area (Å²) in [6.07, 6.45) is 1.80. The van der Waals surface area contributed by atoms with E-state index in [9.17, 15) is 4.39 Å². The first-order valence-electron chi connectivity index (χ1n) is 8.55. The van der Waals surface area contributed by atoms with Gasteiger partial charge in [-0.3, -0.25) is 5.10 Å². The number of hydrogen-bond donors (Lipinski definition) is 1. The molecule has 0 amide bonds. The van der Waals surface area contributed by atoms with Gasteiger partial charge in [-0.25, -0.2) is 4.39 Å². The molecule has 0 saturated carbocycles. The highest BCUT2D eigenvalue weighted by atomic mass is 32.1. The van der Waals surface area contributed by atoms with E-state index in [0.717, 1.165) is 27.7 Å². The lowest BCUT2D eigenvalue weighted by Crippen LogP contribution is -2.03. The highest BCUT2D eigenvalue weighted by Crippen LogP contribution is 2.26. The first kappa shape index (κ1) is 17.4. The summed E-state index contributed by atoms with van der Waals surface area (Å²) in [7, 11) is 0. The van der Waals surface area contributed by atoms with Crippen molar-refractivity contribution >= 4 is 29.3 Å². The standard InChI is InChI=1S/C20H18FN5S/c1-13-18(11-22-26-14(2)23-24-20(26)27)17-8-3-4-9-19(17)25(13)12-15-6-5-7-16(21)10-15/h3-11H,12H2,1-2H3,(H,24,27)/b22-11-. The zero-order valence-corrected chi connectivity index (χ0v) is 15.8. The molecule has 0 fully saturated rings. The zero-order chi connectivity index (χ0) is 19.0. The lowest BCUT2D eigenvalue weighted by atomic mass is 10.1. The van der Waals surface area contributed by atoms with E-state index in [2.05, 4.69) is 32.0 Å². The molecule has 1 N–H and O–H groups in total. The molecule has 0 bridgehead atoms. The molecular formula is C20H18FN5S. The molecule has 27 heavy (non-hydrogen) atoms. The van der Waals surface area contributed by atoms with Crippen LogP contribution in [0.1, 0.15) is 22.6 Å². The Bertz CT molecular complexity index is 1210. The van der Waals surface area contributed by atoms with Gasteiger partial charge in [-0.2, -0.15) is 14.9 Å². The van der Waals surface area contributed by atoms with E-state index in [4.69, 9.17) is 12.2 Å². The Morgan fingerprint density at radius 2 is 2.00 bits per heavy atom. The minimum Gasteiger partial charge on any atom is -0.340 e. The van der Waals surface area contributed by atoms with Gasteiger partial charge in [-0.05, 0) is 49.8 Å². The van der Waals surface area contributed by atoms with Crippen molar-refractivity contribution in [2.45, 2.75) is 20.4 Å². The highest BCUT2D eigenvalue weighted by Gasteiger charge is 2.13. The van der Waals surface area contributed by atoms with Crippen LogP contribution in [0.3, 0.4) is 0 Å². The summed E-state index contributed by atoms with van der Waals surface area (Å²) in [6.45, 7) is 4.47. The largest absolute Gasteiger partial charge is 0.340 e. The number of aromatic amines is 1. The Balaban J connectivity index is 1.82. The molecule has 0 atom stereocenters. The van der Waals surface area contributed by atoms with Gasteiger partial charge in [-0.15, -0.1) is 0 Å².